The predicted octanol–water partition coefficient (Wildman–Crippen LogP) is 19.4. The molecule has 10 nitrogen and oxygen atoms in total. The number of fused-ring (bicyclic) bond motifs is 19. The van der Waals surface area contributed by atoms with Crippen LogP contribution < -0.4 is 0 Å². The molecular formula is C80H46N10. The third kappa shape index (κ3) is 7.64. The molecule has 0 radical (unpaired) electrons. The van der Waals surface area contributed by atoms with Crippen molar-refractivity contribution < 1.29 is 0 Å². The van der Waals surface area contributed by atoms with Gasteiger partial charge in [0.05, 0.1) is 22.1 Å². The van der Waals surface area contributed by atoms with E-state index in [1.807, 2.05) is 55.1 Å². The molecule has 0 amide bonds. The molecule has 0 unspecified atom stereocenters. The molecule has 0 spiro atoms. The number of benzene rings is 13. The first kappa shape index (κ1) is 49.8. The summed E-state index contributed by atoms with van der Waals surface area (Å²) in [6.07, 6.45) is 7.91. The van der Waals surface area contributed by atoms with Crippen LogP contribution in [0.25, 0.3) is 188 Å². The van der Waals surface area contributed by atoms with Crippen molar-refractivity contribution in [1.82, 2.24) is 49.0 Å². The normalized spacial score (nSPS) is 12.0. The molecule has 19 aromatic rings. The second-order valence-corrected chi connectivity index (χ2v) is 23.1. The predicted molar refractivity (Wildman–Crippen MR) is 367 cm³/mol. The van der Waals surface area contributed by atoms with Crippen LogP contribution in [-0.4, -0.2) is 49.0 Å². The molecular weight excluding hydrogens is 1100 g/mol. The SMILES string of the molecule is c1ccc(-c2ncc3c4cc(-c5ccccc5)c(-c5ccccc5)cc4c4cnc(-n5c6ccccc6c6cc(-c7cccc(-c8ncc9c%10cc%11ccccc%11cc%10c%10cnc(-n%11c%12ccccc%12c%12ccccc%12%11)nc%10c9n8)c7)ccc65)nc4c3n2)cc1. The van der Waals surface area contributed by atoms with Crippen LogP contribution in [0.3, 0.4) is 0 Å². The Bertz CT molecular complexity index is 6170. The van der Waals surface area contributed by atoms with Gasteiger partial charge in [-0.3, -0.25) is 9.13 Å². The number of para-hydroxylation sites is 3. The lowest BCUT2D eigenvalue weighted by molar-refractivity contribution is 1.01. The lowest BCUT2D eigenvalue weighted by Crippen LogP contribution is -2.03. The molecule has 0 aliphatic heterocycles. The van der Waals surface area contributed by atoms with Crippen LogP contribution in [0.15, 0.2) is 280 Å². The minimum absolute atomic E-state index is 0.544. The molecule has 0 saturated heterocycles. The summed E-state index contributed by atoms with van der Waals surface area (Å²) < 4.78 is 4.35. The summed E-state index contributed by atoms with van der Waals surface area (Å²) in [5, 5.41) is 14.6. The van der Waals surface area contributed by atoms with Gasteiger partial charge in [0.2, 0.25) is 11.9 Å². The lowest BCUT2D eigenvalue weighted by atomic mass is 9.89. The highest BCUT2D eigenvalue weighted by Gasteiger charge is 2.23. The zero-order valence-corrected chi connectivity index (χ0v) is 48.0. The van der Waals surface area contributed by atoms with E-state index in [0.717, 1.165) is 164 Å². The maximum Gasteiger partial charge on any atom is 0.235 e. The summed E-state index contributed by atoms with van der Waals surface area (Å²) in [5.41, 5.74) is 15.4. The topological polar surface area (TPSA) is 113 Å². The molecule has 6 aromatic heterocycles. The van der Waals surface area contributed by atoms with E-state index in [1.54, 1.807) is 0 Å². The van der Waals surface area contributed by atoms with Crippen LogP contribution in [-0.2, 0) is 0 Å². The van der Waals surface area contributed by atoms with Crippen molar-refractivity contribution in [2.75, 3.05) is 0 Å². The summed E-state index contributed by atoms with van der Waals surface area (Å²) in [6.45, 7) is 0. The third-order valence-electron chi connectivity index (χ3n) is 18.1. The average Bonchev–Trinajstić information content (AvgIpc) is 0.953. The fourth-order valence-electron chi connectivity index (χ4n) is 13.9. The van der Waals surface area contributed by atoms with Gasteiger partial charge >= 0.3 is 0 Å². The highest BCUT2D eigenvalue weighted by atomic mass is 15.2. The summed E-state index contributed by atoms with van der Waals surface area (Å²) in [7, 11) is 0. The average molecular weight is 1150 g/mol. The molecule has 10 heteroatoms. The highest BCUT2D eigenvalue weighted by molar-refractivity contribution is 6.26. The van der Waals surface area contributed by atoms with Crippen molar-refractivity contribution in [3.63, 3.8) is 0 Å². The maximum absolute atomic E-state index is 5.59. The molecule has 90 heavy (non-hydrogen) atoms. The van der Waals surface area contributed by atoms with Gasteiger partial charge in [-0.25, -0.2) is 39.9 Å². The van der Waals surface area contributed by atoms with Gasteiger partial charge in [-0.1, -0.05) is 194 Å². The van der Waals surface area contributed by atoms with Gasteiger partial charge in [0.25, 0.3) is 0 Å². The van der Waals surface area contributed by atoms with Crippen molar-refractivity contribution in [2.45, 2.75) is 0 Å². The first-order chi connectivity index (χ1) is 44.6. The van der Waals surface area contributed by atoms with Gasteiger partial charge in [0.15, 0.2) is 11.6 Å². The number of rotatable bonds is 7. The highest BCUT2D eigenvalue weighted by Crippen LogP contribution is 2.44. The number of hydrogen-bond donors (Lipinski definition) is 0. The molecule has 6 heterocycles. The summed E-state index contributed by atoms with van der Waals surface area (Å²) in [4.78, 5) is 42.5. The van der Waals surface area contributed by atoms with Gasteiger partial charge in [-0.2, -0.15) is 0 Å². The van der Waals surface area contributed by atoms with Gasteiger partial charge in [-0.15, -0.1) is 0 Å². The fraction of sp³-hybridized carbons (Fsp3) is 0. The number of nitrogens with zero attached hydrogens (tertiary/aromatic N) is 10. The zero-order chi connectivity index (χ0) is 59.0. The van der Waals surface area contributed by atoms with Crippen molar-refractivity contribution in [3.8, 4) is 68.1 Å². The van der Waals surface area contributed by atoms with E-state index in [-0.39, 0.29) is 0 Å². The Labute approximate surface area is 513 Å². The fourth-order valence-corrected chi connectivity index (χ4v) is 13.9. The molecule has 13 aromatic carbocycles. The van der Waals surface area contributed by atoms with Crippen LogP contribution in [0.2, 0.25) is 0 Å². The van der Waals surface area contributed by atoms with Gasteiger partial charge in [-0.05, 0) is 126 Å². The Balaban J connectivity index is 0.767. The minimum Gasteiger partial charge on any atom is -0.278 e. The van der Waals surface area contributed by atoms with E-state index >= 15 is 0 Å². The van der Waals surface area contributed by atoms with Gasteiger partial charge < -0.3 is 0 Å². The van der Waals surface area contributed by atoms with Crippen LogP contribution in [0.5, 0.6) is 0 Å². The van der Waals surface area contributed by atoms with Crippen molar-refractivity contribution in [3.05, 3.63) is 280 Å². The number of hydrogen-bond acceptors (Lipinski definition) is 8. The van der Waals surface area contributed by atoms with Gasteiger partial charge in [0.1, 0.15) is 22.1 Å². The molecule has 0 aliphatic carbocycles. The summed E-state index contributed by atoms with van der Waals surface area (Å²) >= 11 is 0. The largest absolute Gasteiger partial charge is 0.278 e. The molecule has 0 saturated carbocycles. The van der Waals surface area contributed by atoms with E-state index in [1.165, 1.54) is 0 Å². The molecule has 0 aliphatic rings. The van der Waals surface area contributed by atoms with E-state index < -0.39 is 0 Å². The second-order valence-electron chi connectivity index (χ2n) is 23.1. The second kappa shape index (κ2) is 19.6. The molecule has 0 fully saturated rings. The third-order valence-corrected chi connectivity index (χ3v) is 18.1. The number of aromatic nitrogens is 10. The van der Waals surface area contributed by atoms with Crippen LogP contribution in [0.1, 0.15) is 0 Å². The van der Waals surface area contributed by atoms with Crippen molar-refractivity contribution >= 4 is 120 Å². The van der Waals surface area contributed by atoms with Crippen LogP contribution >= 0.6 is 0 Å². The van der Waals surface area contributed by atoms with E-state index in [0.29, 0.717) is 23.5 Å². The molecule has 0 atom stereocenters. The standard InChI is InChI=1S/C80H46N10/c1-4-19-47(20-5-1)58-41-62-63(42-59(58)48-21-6-2-7-22-48)68-46-84-80(88-76(68)74-66(62)44-81-77(85-74)49-23-8-3-9-24-49)90-71-34-17-14-31-57(71)64-40-53(35-36-72(64)90)50-27-18-28-54(37-50)78-82-43-65-60-38-51-25-10-11-26-52(51)39-61(60)67-45-83-79(87-75(67)73(65)86-78)89-69-32-15-12-29-55(69)56-30-13-16-33-70(56)89/h1-46H. The van der Waals surface area contributed by atoms with E-state index in [2.05, 4.69) is 234 Å². The minimum atomic E-state index is 0.544. The van der Waals surface area contributed by atoms with Crippen molar-refractivity contribution in [1.29, 1.82) is 0 Å². The Morgan fingerprint density at radius 2 is 0.578 bits per heavy atom. The lowest BCUT2D eigenvalue weighted by Gasteiger charge is -2.16. The Morgan fingerprint density at radius 3 is 1.09 bits per heavy atom. The molecule has 19 rings (SSSR count). The van der Waals surface area contributed by atoms with Crippen LogP contribution in [0, 0.1) is 0 Å². The Kier molecular flexibility index (Phi) is 10.8. The molecule has 0 N–H and O–H groups in total. The zero-order valence-electron chi connectivity index (χ0n) is 48.0. The molecule has 416 valence electrons. The maximum atomic E-state index is 5.59. The van der Waals surface area contributed by atoms with Crippen molar-refractivity contribution in [2.24, 2.45) is 0 Å². The quantitative estimate of drug-likeness (QED) is 0.115. The monoisotopic (exact) mass is 1150 g/mol. The van der Waals surface area contributed by atoms with Crippen LogP contribution in [0.4, 0.5) is 0 Å². The first-order valence-electron chi connectivity index (χ1n) is 30.1. The summed E-state index contributed by atoms with van der Waals surface area (Å²) in [5.74, 6) is 2.35. The Morgan fingerprint density at radius 1 is 0.211 bits per heavy atom. The molecule has 0 bridgehead atoms. The smallest absolute Gasteiger partial charge is 0.235 e. The van der Waals surface area contributed by atoms with Gasteiger partial charge in [0, 0.05) is 79.0 Å². The van der Waals surface area contributed by atoms with E-state index in [4.69, 9.17) is 39.9 Å². The Hall–Kier alpha value is -12.4. The summed E-state index contributed by atoms with van der Waals surface area (Å²) in [6, 6.07) is 89.5. The van der Waals surface area contributed by atoms with E-state index in [9.17, 15) is 0 Å². The first-order valence-corrected chi connectivity index (χ1v) is 30.1.